The molecule has 1 aromatic rings. The van der Waals surface area contributed by atoms with Crippen molar-refractivity contribution in [3.05, 3.63) is 33.0 Å². The van der Waals surface area contributed by atoms with Crippen LogP contribution in [0.2, 0.25) is 0 Å². The Bertz CT molecular complexity index is 469. The number of aromatic nitrogens is 1. The van der Waals surface area contributed by atoms with Crippen molar-refractivity contribution < 1.29 is 13.7 Å². The van der Waals surface area contributed by atoms with Crippen molar-refractivity contribution in [2.45, 2.75) is 19.8 Å². The average Bonchev–Trinajstić information content (AvgIpc) is 2.20. The fourth-order valence-corrected chi connectivity index (χ4v) is 1.30. The lowest BCUT2D eigenvalue weighted by molar-refractivity contribution is -0.389. The molecule has 0 unspecified atom stereocenters. The van der Waals surface area contributed by atoms with Crippen molar-refractivity contribution in [3.8, 4) is 6.07 Å². The second kappa shape index (κ2) is 4.61. The van der Waals surface area contributed by atoms with Gasteiger partial charge in [0.15, 0.2) is 5.69 Å². The van der Waals surface area contributed by atoms with Crippen molar-refractivity contribution >= 4 is 5.82 Å². The van der Waals surface area contributed by atoms with Crippen LogP contribution in [-0.4, -0.2) is 9.91 Å². The second-order valence-corrected chi connectivity index (χ2v) is 3.03. The summed E-state index contributed by atoms with van der Waals surface area (Å²) in [6.07, 6.45) is -3.10. The number of pyridine rings is 1. The molecule has 0 saturated carbocycles. The molecule has 0 spiro atoms. The third kappa shape index (κ3) is 2.28. The molecule has 1 rings (SSSR count). The van der Waals surface area contributed by atoms with Crippen molar-refractivity contribution in [2.24, 2.45) is 0 Å². The summed E-state index contributed by atoms with van der Waals surface area (Å²) in [5, 5.41) is 18.9. The highest BCUT2D eigenvalue weighted by Gasteiger charge is 2.22. The van der Waals surface area contributed by atoms with Gasteiger partial charge in [-0.1, -0.05) is 0 Å². The van der Waals surface area contributed by atoms with Crippen LogP contribution in [0.4, 0.5) is 14.6 Å². The fourth-order valence-electron chi connectivity index (χ4n) is 1.30. The Hall–Kier alpha value is -2.10. The van der Waals surface area contributed by atoms with E-state index in [0.29, 0.717) is 6.07 Å². The van der Waals surface area contributed by atoms with Crippen molar-refractivity contribution in [1.82, 2.24) is 4.98 Å². The van der Waals surface area contributed by atoms with Gasteiger partial charge >= 0.3 is 5.82 Å². The molecule has 1 heterocycles. The Morgan fingerprint density at radius 1 is 1.69 bits per heavy atom. The highest BCUT2D eigenvalue weighted by Crippen LogP contribution is 2.28. The Balaban J connectivity index is 3.40. The molecule has 0 aliphatic rings. The average molecular weight is 227 g/mol. The summed E-state index contributed by atoms with van der Waals surface area (Å²) < 4.78 is 25.2. The fraction of sp³-hybridized carbons (Fsp3) is 0.333. The van der Waals surface area contributed by atoms with Crippen LogP contribution < -0.4 is 0 Å². The normalized spacial score (nSPS) is 10.2. The lowest BCUT2D eigenvalue weighted by atomic mass is 10.0. The minimum absolute atomic E-state index is 0.0584. The second-order valence-electron chi connectivity index (χ2n) is 3.03. The van der Waals surface area contributed by atoms with E-state index >= 15 is 0 Å². The van der Waals surface area contributed by atoms with Gasteiger partial charge in [-0.2, -0.15) is 5.26 Å². The molecule has 5 nitrogen and oxygen atoms in total. The first kappa shape index (κ1) is 12.0. The van der Waals surface area contributed by atoms with Crippen LogP contribution in [-0.2, 0) is 6.42 Å². The van der Waals surface area contributed by atoms with E-state index in [1.165, 1.54) is 6.92 Å². The summed E-state index contributed by atoms with van der Waals surface area (Å²) in [6, 6.07) is 2.44. The molecule has 0 aliphatic carbocycles. The van der Waals surface area contributed by atoms with Crippen LogP contribution in [0.1, 0.15) is 23.2 Å². The number of nitrogens with zero attached hydrogens (tertiary/aromatic N) is 3. The third-order valence-electron chi connectivity index (χ3n) is 2.03. The summed E-state index contributed by atoms with van der Waals surface area (Å²) in [7, 11) is 0. The molecule has 0 fully saturated rings. The van der Waals surface area contributed by atoms with Gasteiger partial charge in [-0.15, -0.1) is 0 Å². The topological polar surface area (TPSA) is 79.8 Å². The first-order valence-electron chi connectivity index (χ1n) is 4.27. The third-order valence-corrected chi connectivity index (χ3v) is 2.03. The van der Waals surface area contributed by atoms with Crippen LogP contribution in [0.15, 0.2) is 6.07 Å². The van der Waals surface area contributed by atoms with Gasteiger partial charge < -0.3 is 10.1 Å². The number of nitro groups is 1. The maximum Gasteiger partial charge on any atom is 0.364 e. The van der Waals surface area contributed by atoms with Gasteiger partial charge in [-0.25, -0.2) is 8.78 Å². The van der Waals surface area contributed by atoms with E-state index in [2.05, 4.69) is 4.98 Å². The number of alkyl halides is 2. The molecule has 7 heteroatoms. The number of aryl methyl sites for hydroxylation is 1. The van der Waals surface area contributed by atoms with Gasteiger partial charge in [0.05, 0.1) is 12.5 Å². The van der Waals surface area contributed by atoms with Crippen LogP contribution in [0.25, 0.3) is 0 Å². The van der Waals surface area contributed by atoms with E-state index in [9.17, 15) is 18.9 Å². The summed E-state index contributed by atoms with van der Waals surface area (Å²) in [5.74, 6) is -0.630. The van der Waals surface area contributed by atoms with Gasteiger partial charge in [0.25, 0.3) is 6.43 Å². The molecule has 1 aromatic heterocycles. The molecule has 0 bridgehead atoms. The minimum atomic E-state index is -2.86. The molecule has 16 heavy (non-hydrogen) atoms. The van der Waals surface area contributed by atoms with Gasteiger partial charge in [-0.3, -0.25) is 0 Å². The molecular weight excluding hydrogens is 220 g/mol. The van der Waals surface area contributed by atoms with Gasteiger partial charge in [0.2, 0.25) is 0 Å². The quantitative estimate of drug-likeness (QED) is 0.586. The van der Waals surface area contributed by atoms with E-state index in [0.717, 1.165) is 0 Å². The van der Waals surface area contributed by atoms with Crippen molar-refractivity contribution in [1.29, 1.82) is 5.26 Å². The van der Waals surface area contributed by atoms with Crippen molar-refractivity contribution in [3.63, 3.8) is 0 Å². The molecule has 0 atom stereocenters. The van der Waals surface area contributed by atoms with Gasteiger partial charge in [-0.05, 0) is 9.91 Å². The smallest absolute Gasteiger partial charge is 0.358 e. The Labute approximate surface area is 89.5 Å². The largest absolute Gasteiger partial charge is 0.364 e. The van der Waals surface area contributed by atoms with E-state index in [1.807, 2.05) is 0 Å². The number of halogens is 2. The maximum absolute atomic E-state index is 12.6. The van der Waals surface area contributed by atoms with Gasteiger partial charge in [0.1, 0.15) is 0 Å². The number of hydrogen-bond acceptors (Lipinski definition) is 4. The SMILES string of the molecule is Cc1nc([N+](=O)[O-])cc(C(F)F)c1CC#N. The monoisotopic (exact) mass is 227 g/mol. The zero-order chi connectivity index (χ0) is 12.3. The number of nitriles is 1. The summed E-state index contributed by atoms with van der Waals surface area (Å²) in [5.41, 5.74) is -0.352. The summed E-state index contributed by atoms with van der Waals surface area (Å²) >= 11 is 0. The van der Waals surface area contributed by atoms with E-state index < -0.39 is 22.7 Å². The molecule has 0 saturated heterocycles. The standard InChI is InChI=1S/C9H7F2N3O2/c1-5-6(2-3-12)7(9(10)11)4-8(13-5)14(15)16/h4,9H,2H2,1H3. The molecule has 0 amide bonds. The van der Waals surface area contributed by atoms with E-state index in [1.54, 1.807) is 6.07 Å². The van der Waals surface area contributed by atoms with Crippen molar-refractivity contribution in [2.75, 3.05) is 0 Å². The number of hydrogen-bond donors (Lipinski definition) is 0. The highest BCUT2D eigenvalue weighted by atomic mass is 19.3. The number of rotatable bonds is 3. The molecule has 84 valence electrons. The first-order chi connectivity index (χ1) is 7.47. The van der Waals surface area contributed by atoms with E-state index in [4.69, 9.17) is 5.26 Å². The van der Waals surface area contributed by atoms with Gasteiger partial charge in [0, 0.05) is 24.1 Å². The predicted molar refractivity (Wildman–Crippen MR) is 49.9 cm³/mol. The predicted octanol–water partition coefficient (Wildman–Crippen LogP) is 2.30. The Morgan fingerprint density at radius 2 is 2.31 bits per heavy atom. The lowest BCUT2D eigenvalue weighted by Gasteiger charge is -2.06. The van der Waals surface area contributed by atoms with Crippen LogP contribution in [0.3, 0.4) is 0 Å². The first-order valence-corrected chi connectivity index (χ1v) is 4.27. The molecule has 0 N–H and O–H groups in total. The molecule has 0 aromatic carbocycles. The molecule has 0 aliphatic heterocycles. The Morgan fingerprint density at radius 3 is 2.75 bits per heavy atom. The van der Waals surface area contributed by atoms with Crippen LogP contribution in [0, 0.1) is 28.4 Å². The lowest BCUT2D eigenvalue weighted by Crippen LogP contribution is -2.03. The minimum Gasteiger partial charge on any atom is -0.358 e. The van der Waals surface area contributed by atoms with Crippen LogP contribution in [0.5, 0.6) is 0 Å². The van der Waals surface area contributed by atoms with Crippen LogP contribution >= 0.6 is 0 Å². The molecule has 0 radical (unpaired) electrons. The zero-order valence-corrected chi connectivity index (χ0v) is 8.28. The summed E-state index contributed by atoms with van der Waals surface area (Å²) in [6.45, 7) is 1.37. The highest BCUT2D eigenvalue weighted by molar-refractivity contribution is 5.39. The zero-order valence-electron chi connectivity index (χ0n) is 8.28. The Kier molecular flexibility index (Phi) is 3.45. The summed E-state index contributed by atoms with van der Waals surface area (Å²) in [4.78, 5) is 13.1. The van der Waals surface area contributed by atoms with E-state index in [-0.39, 0.29) is 17.7 Å². The maximum atomic E-state index is 12.6. The molecular formula is C9H7F2N3O2.